The zero-order chi connectivity index (χ0) is 14.5. The van der Waals surface area contributed by atoms with Crippen molar-refractivity contribution in [3.63, 3.8) is 0 Å². The largest absolute Gasteiger partial charge is 0.469 e. The molecule has 0 aromatic rings. The van der Waals surface area contributed by atoms with E-state index in [9.17, 15) is 4.79 Å². The lowest BCUT2D eigenvalue weighted by Gasteiger charge is -2.21. The summed E-state index contributed by atoms with van der Waals surface area (Å²) in [6.45, 7) is 4.39. The minimum absolute atomic E-state index is 0.0863. The summed E-state index contributed by atoms with van der Waals surface area (Å²) in [6.07, 6.45) is 10.7. The summed E-state index contributed by atoms with van der Waals surface area (Å²) in [4.78, 5) is 11.4. The summed E-state index contributed by atoms with van der Waals surface area (Å²) >= 11 is 0. The fourth-order valence-electron chi connectivity index (χ4n) is 3.86. The van der Waals surface area contributed by atoms with E-state index in [1.807, 2.05) is 0 Å². The summed E-state index contributed by atoms with van der Waals surface area (Å²) in [5.74, 6) is 0.537. The summed E-state index contributed by atoms with van der Waals surface area (Å²) in [5, 5.41) is 0. The smallest absolute Gasteiger partial charge is 0.305 e. The number of esters is 1. The second kappa shape index (κ2) is 7.10. The van der Waals surface area contributed by atoms with Crippen molar-refractivity contribution in [2.45, 2.75) is 71.6 Å². The Morgan fingerprint density at radius 3 is 2.55 bits per heavy atom. The highest BCUT2D eigenvalue weighted by Crippen LogP contribution is 2.44. The lowest BCUT2D eigenvalue weighted by Crippen LogP contribution is -2.09. The van der Waals surface area contributed by atoms with Crippen molar-refractivity contribution in [3.05, 3.63) is 22.3 Å². The summed E-state index contributed by atoms with van der Waals surface area (Å²) in [5.41, 5.74) is 6.37. The molecule has 1 atom stereocenters. The average molecular weight is 276 g/mol. The Bertz CT molecular complexity index is 425. The van der Waals surface area contributed by atoms with E-state index < -0.39 is 0 Å². The van der Waals surface area contributed by atoms with Crippen LogP contribution in [0.2, 0.25) is 0 Å². The van der Waals surface area contributed by atoms with Crippen molar-refractivity contribution in [3.8, 4) is 0 Å². The molecular weight excluding hydrogens is 248 g/mol. The van der Waals surface area contributed by atoms with Crippen LogP contribution in [0, 0.1) is 5.92 Å². The molecule has 2 rings (SSSR count). The van der Waals surface area contributed by atoms with Gasteiger partial charge >= 0.3 is 5.97 Å². The molecule has 2 nitrogen and oxygen atoms in total. The molecule has 20 heavy (non-hydrogen) atoms. The van der Waals surface area contributed by atoms with E-state index >= 15 is 0 Å². The van der Waals surface area contributed by atoms with Gasteiger partial charge in [0.05, 0.1) is 7.11 Å². The van der Waals surface area contributed by atoms with Crippen LogP contribution in [0.3, 0.4) is 0 Å². The first-order valence-electron chi connectivity index (χ1n) is 8.07. The van der Waals surface area contributed by atoms with Crippen molar-refractivity contribution in [1.82, 2.24) is 0 Å². The van der Waals surface area contributed by atoms with Crippen LogP contribution in [0.5, 0.6) is 0 Å². The van der Waals surface area contributed by atoms with Gasteiger partial charge in [0, 0.05) is 12.3 Å². The maximum absolute atomic E-state index is 11.4. The Labute approximate surface area is 123 Å². The number of hydrogen-bond acceptors (Lipinski definition) is 2. The molecule has 0 heterocycles. The second-order valence-corrected chi connectivity index (χ2v) is 6.38. The van der Waals surface area contributed by atoms with E-state index in [1.54, 1.807) is 11.1 Å². The molecule has 2 aliphatic carbocycles. The zero-order valence-electron chi connectivity index (χ0n) is 13.3. The molecule has 0 amide bonds. The van der Waals surface area contributed by atoms with Crippen LogP contribution in [0.15, 0.2) is 22.3 Å². The van der Waals surface area contributed by atoms with Gasteiger partial charge in [0.15, 0.2) is 0 Å². The molecule has 1 unspecified atom stereocenters. The van der Waals surface area contributed by atoms with E-state index in [0.717, 1.165) is 6.42 Å². The lowest BCUT2D eigenvalue weighted by molar-refractivity contribution is -0.140. The fourth-order valence-corrected chi connectivity index (χ4v) is 3.86. The number of hydrogen-bond donors (Lipinski definition) is 0. The van der Waals surface area contributed by atoms with E-state index in [1.165, 1.54) is 63.2 Å². The van der Waals surface area contributed by atoms with E-state index in [4.69, 9.17) is 4.74 Å². The number of carbonyl (C=O) groups excluding carboxylic acids is 1. The van der Waals surface area contributed by atoms with Crippen LogP contribution >= 0.6 is 0 Å². The first kappa shape index (κ1) is 15.3. The predicted molar refractivity (Wildman–Crippen MR) is 82.5 cm³/mol. The van der Waals surface area contributed by atoms with Crippen LogP contribution in [0.1, 0.15) is 71.6 Å². The monoisotopic (exact) mass is 276 g/mol. The van der Waals surface area contributed by atoms with Gasteiger partial charge in [-0.3, -0.25) is 4.79 Å². The molecule has 2 aliphatic rings. The van der Waals surface area contributed by atoms with Gasteiger partial charge in [-0.1, -0.05) is 28.7 Å². The Balaban J connectivity index is 2.12. The molecule has 0 N–H and O–H groups in total. The van der Waals surface area contributed by atoms with Crippen LogP contribution in [-0.4, -0.2) is 13.1 Å². The third-order valence-electron chi connectivity index (χ3n) is 4.92. The minimum Gasteiger partial charge on any atom is -0.469 e. The maximum Gasteiger partial charge on any atom is 0.305 e. The molecule has 0 aromatic carbocycles. The van der Waals surface area contributed by atoms with Crippen LogP contribution < -0.4 is 0 Å². The van der Waals surface area contributed by atoms with Gasteiger partial charge in [-0.2, -0.15) is 0 Å². The third kappa shape index (κ3) is 3.53. The van der Waals surface area contributed by atoms with E-state index in [-0.39, 0.29) is 5.97 Å². The Hall–Kier alpha value is -1.05. The quantitative estimate of drug-likeness (QED) is 0.536. The molecule has 0 radical (unpaired) electrons. The van der Waals surface area contributed by atoms with Crippen molar-refractivity contribution in [2.24, 2.45) is 5.92 Å². The number of ether oxygens (including phenoxy) is 1. The Morgan fingerprint density at radius 2 is 1.85 bits per heavy atom. The van der Waals surface area contributed by atoms with Crippen LogP contribution in [0.25, 0.3) is 0 Å². The molecule has 0 saturated carbocycles. The molecule has 0 bridgehead atoms. The van der Waals surface area contributed by atoms with Gasteiger partial charge in [-0.25, -0.2) is 0 Å². The van der Waals surface area contributed by atoms with Gasteiger partial charge in [0.25, 0.3) is 0 Å². The third-order valence-corrected chi connectivity index (χ3v) is 4.92. The van der Waals surface area contributed by atoms with Crippen LogP contribution in [-0.2, 0) is 9.53 Å². The molecule has 0 aromatic heterocycles. The van der Waals surface area contributed by atoms with Crippen molar-refractivity contribution < 1.29 is 9.53 Å². The first-order chi connectivity index (χ1) is 9.63. The van der Waals surface area contributed by atoms with Crippen LogP contribution in [0.4, 0.5) is 0 Å². The normalized spacial score (nSPS) is 22.2. The number of methoxy groups -OCH3 is 1. The molecule has 0 aliphatic heterocycles. The fraction of sp³-hybridized carbons (Fsp3) is 0.722. The summed E-state index contributed by atoms with van der Waals surface area (Å²) < 4.78 is 4.80. The Kier molecular flexibility index (Phi) is 5.45. The predicted octanol–water partition coefficient (Wildman–Crippen LogP) is 4.95. The highest BCUT2D eigenvalue weighted by atomic mass is 16.5. The summed E-state index contributed by atoms with van der Waals surface area (Å²) in [6, 6.07) is 0. The average Bonchev–Trinajstić information content (AvgIpc) is 2.68. The van der Waals surface area contributed by atoms with Gasteiger partial charge in [-0.15, -0.1) is 0 Å². The molecule has 0 spiro atoms. The minimum atomic E-state index is -0.0863. The second-order valence-electron chi connectivity index (χ2n) is 6.38. The molecule has 2 heteroatoms. The van der Waals surface area contributed by atoms with Gasteiger partial charge < -0.3 is 4.74 Å². The molecule has 0 saturated heterocycles. The maximum atomic E-state index is 11.4. The van der Waals surface area contributed by atoms with E-state index in [0.29, 0.717) is 12.3 Å². The standard InChI is InChI=1S/C18H28O2/c1-13(2)15(11-12-18(19)20-3)17-10-9-14-7-5-4-6-8-16(14)17/h17H,4-12H2,1-3H3. The van der Waals surface area contributed by atoms with E-state index in [2.05, 4.69) is 13.8 Å². The van der Waals surface area contributed by atoms with Crippen molar-refractivity contribution in [2.75, 3.05) is 7.11 Å². The number of allylic oxidation sites excluding steroid dienone is 4. The van der Waals surface area contributed by atoms with Gasteiger partial charge in [-0.05, 0) is 58.8 Å². The highest BCUT2D eigenvalue weighted by Gasteiger charge is 2.29. The molecule has 0 fully saturated rings. The lowest BCUT2D eigenvalue weighted by atomic mass is 9.84. The van der Waals surface area contributed by atoms with Gasteiger partial charge in [0.1, 0.15) is 0 Å². The van der Waals surface area contributed by atoms with Crippen molar-refractivity contribution in [1.29, 1.82) is 0 Å². The number of rotatable bonds is 4. The Morgan fingerprint density at radius 1 is 1.10 bits per heavy atom. The topological polar surface area (TPSA) is 26.3 Å². The molecular formula is C18H28O2. The highest BCUT2D eigenvalue weighted by molar-refractivity contribution is 5.69. The molecule has 112 valence electrons. The SMILES string of the molecule is COC(=O)CCC(=C(C)C)C1CCC2=C1CCCCC2. The van der Waals surface area contributed by atoms with Gasteiger partial charge in [0.2, 0.25) is 0 Å². The summed E-state index contributed by atoms with van der Waals surface area (Å²) in [7, 11) is 1.48. The van der Waals surface area contributed by atoms with Crippen molar-refractivity contribution >= 4 is 5.97 Å². The zero-order valence-corrected chi connectivity index (χ0v) is 13.3. The first-order valence-corrected chi connectivity index (χ1v) is 8.07. The number of carbonyl (C=O) groups is 1.